The Morgan fingerprint density at radius 2 is 1.86 bits per heavy atom. The minimum absolute atomic E-state index is 0.332. The van der Waals surface area contributed by atoms with Gasteiger partial charge < -0.3 is 9.47 Å². The van der Waals surface area contributed by atoms with Crippen LogP contribution in [0.1, 0.15) is 15.9 Å². The highest BCUT2D eigenvalue weighted by Gasteiger charge is 2.10. The molecule has 0 atom stereocenters. The topological polar surface area (TPSA) is 59.9 Å². The molecule has 0 aliphatic carbocycles. The number of carbonyl (C=O) groups is 1. The van der Waals surface area contributed by atoms with Gasteiger partial charge in [-0.2, -0.15) is 5.10 Å². The van der Waals surface area contributed by atoms with E-state index in [2.05, 4.69) is 26.5 Å². The number of hydrazone groups is 1. The van der Waals surface area contributed by atoms with Crippen molar-refractivity contribution in [3.8, 4) is 11.5 Å². The number of methoxy groups -OCH3 is 2. The average Bonchev–Trinajstić information content (AvgIpc) is 2.55. The highest BCUT2D eigenvalue weighted by Crippen LogP contribution is 2.24. The van der Waals surface area contributed by atoms with Gasteiger partial charge in [0, 0.05) is 0 Å². The van der Waals surface area contributed by atoms with Crippen LogP contribution in [0, 0.1) is 0 Å². The summed E-state index contributed by atoms with van der Waals surface area (Å²) in [6, 6.07) is 12.5. The van der Waals surface area contributed by atoms with Crippen molar-refractivity contribution in [2.45, 2.75) is 0 Å². The summed E-state index contributed by atoms with van der Waals surface area (Å²) in [5.74, 6) is 0.902. The first-order valence-corrected chi connectivity index (χ1v) is 7.25. The van der Waals surface area contributed by atoms with Gasteiger partial charge in [-0.1, -0.05) is 12.1 Å². The van der Waals surface area contributed by atoms with Gasteiger partial charge in [-0.05, 0) is 51.8 Å². The zero-order valence-electron chi connectivity index (χ0n) is 12.2. The van der Waals surface area contributed by atoms with Crippen molar-refractivity contribution >= 4 is 28.1 Å². The maximum atomic E-state index is 12.0. The average molecular weight is 363 g/mol. The molecule has 0 aliphatic heterocycles. The lowest BCUT2D eigenvalue weighted by Crippen LogP contribution is -2.18. The van der Waals surface area contributed by atoms with Gasteiger partial charge in [-0.15, -0.1) is 0 Å². The number of halogens is 1. The molecule has 22 heavy (non-hydrogen) atoms. The number of hydrogen-bond donors (Lipinski definition) is 1. The molecule has 5 nitrogen and oxygen atoms in total. The van der Waals surface area contributed by atoms with E-state index in [1.807, 2.05) is 18.2 Å². The molecule has 0 saturated carbocycles. The van der Waals surface area contributed by atoms with Crippen LogP contribution in [0.4, 0.5) is 0 Å². The highest BCUT2D eigenvalue weighted by atomic mass is 79.9. The summed E-state index contributed by atoms with van der Waals surface area (Å²) in [5, 5.41) is 3.95. The molecule has 2 rings (SSSR count). The molecule has 1 N–H and O–H groups in total. The Morgan fingerprint density at radius 3 is 2.55 bits per heavy atom. The highest BCUT2D eigenvalue weighted by molar-refractivity contribution is 9.10. The molecule has 114 valence electrons. The number of nitrogens with zero attached hydrogens (tertiary/aromatic N) is 1. The van der Waals surface area contributed by atoms with Gasteiger partial charge in [0.05, 0.1) is 30.5 Å². The molecule has 0 unspecified atom stereocenters. The van der Waals surface area contributed by atoms with Crippen LogP contribution in [0.5, 0.6) is 11.5 Å². The number of nitrogens with one attached hydrogen (secondary N) is 1. The summed E-state index contributed by atoms with van der Waals surface area (Å²) >= 11 is 3.39. The molecule has 0 aliphatic rings. The van der Waals surface area contributed by atoms with E-state index in [0.29, 0.717) is 11.3 Å². The Hall–Kier alpha value is -2.34. The minimum Gasteiger partial charge on any atom is -0.496 e. The first-order valence-electron chi connectivity index (χ1n) is 6.45. The number of hydrogen-bond acceptors (Lipinski definition) is 4. The molecule has 2 aromatic carbocycles. The molecular weight excluding hydrogens is 348 g/mol. The summed E-state index contributed by atoms with van der Waals surface area (Å²) in [7, 11) is 3.12. The normalized spacial score (nSPS) is 10.5. The summed E-state index contributed by atoms with van der Waals surface area (Å²) in [6.45, 7) is 0. The van der Waals surface area contributed by atoms with Crippen molar-refractivity contribution < 1.29 is 14.3 Å². The number of para-hydroxylation sites is 1. The zero-order valence-corrected chi connectivity index (χ0v) is 13.8. The first-order chi connectivity index (χ1) is 10.7. The monoisotopic (exact) mass is 362 g/mol. The van der Waals surface area contributed by atoms with E-state index >= 15 is 0 Å². The van der Waals surface area contributed by atoms with E-state index in [-0.39, 0.29) is 5.91 Å². The molecule has 0 bridgehead atoms. The first kappa shape index (κ1) is 16.0. The maximum absolute atomic E-state index is 12.0. The third-order valence-corrected chi connectivity index (χ3v) is 3.53. The van der Waals surface area contributed by atoms with Crippen LogP contribution in [0.15, 0.2) is 52.0 Å². The molecule has 0 radical (unpaired) electrons. The summed E-state index contributed by atoms with van der Waals surface area (Å²) < 4.78 is 11.1. The number of ether oxygens (including phenoxy) is 2. The van der Waals surface area contributed by atoms with Crippen molar-refractivity contribution in [1.82, 2.24) is 5.43 Å². The predicted molar refractivity (Wildman–Crippen MR) is 88.7 cm³/mol. The van der Waals surface area contributed by atoms with Gasteiger partial charge >= 0.3 is 0 Å². The fourth-order valence-electron chi connectivity index (χ4n) is 1.82. The maximum Gasteiger partial charge on any atom is 0.275 e. The number of carbonyl (C=O) groups excluding carboxylic acids is 1. The number of rotatable bonds is 5. The second-order valence-corrected chi connectivity index (χ2v) is 5.15. The lowest BCUT2D eigenvalue weighted by Gasteiger charge is -2.06. The fraction of sp³-hybridized carbons (Fsp3) is 0.125. The van der Waals surface area contributed by atoms with Gasteiger partial charge in [-0.25, -0.2) is 5.43 Å². The Labute approximate surface area is 137 Å². The molecule has 0 heterocycles. The van der Waals surface area contributed by atoms with Crippen LogP contribution in [-0.4, -0.2) is 26.3 Å². The molecule has 6 heteroatoms. The van der Waals surface area contributed by atoms with Gasteiger partial charge in [0.1, 0.15) is 11.5 Å². The van der Waals surface area contributed by atoms with E-state index in [1.54, 1.807) is 37.6 Å². The lowest BCUT2D eigenvalue weighted by atomic mass is 10.2. The van der Waals surface area contributed by atoms with Crippen LogP contribution in [0.25, 0.3) is 0 Å². The molecule has 0 saturated heterocycles. The summed E-state index contributed by atoms with van der Waals surface area (Å²) in [4.78, 5) is 12.0. The zero-order chi connectivity index (χ0) is 15.9. The minimum atomic E-state index is -0.332. The SMILES string of the molecule is COc1ccc(/C=N/NC(=O)c2ccccc2OC)cc1Br. The molecule has 0 spiro atoms. The quantitative estimate of drug-likeness (QED) is 0.656. The predicted octanol–water partition coefficient (Wildman–Crippen LogP) is 3.23. The second-order valence-electron chi connectivity index (χ2n) is 4.29. The Kier molecular flexibility index (Phi) is 5.55. The van der Waals surface area contributed by atoms with E-state index < -0.39 is 0 Å². The van der Waals surface area contributed by atoms with E-state index in [1.165, 1.54) is 7.11 Å². The van der Waals surface area contributed by atoms with Crippen molar-refractivity contribution in [3.63, 3.8) is 0 Å². The van der Waals surface area contributed by atoms with Gasteiger partial charge in [-0.3, -0.25) is 4.79 Å². The molecule has 0 aromatic heterocycles. The number of benzene rings is 2. The van der Waals surface area contributed by atoms with Crippen LogP contribution in [0.2, 0.25) is 0 Å². The van der Waals surface area contributed by atoms with Crippen LogP contribution >= 0.6 is 15.9 Å². The number of amides is 1. The Balaban J connectivity index is 2.06. The van der Waals surface area contributed by atoms with Crippen molar-refractivity contribution in [2.75, 3.05) is 14.2 Å². The second kappa shape index (κ2) is 7.61. The van der Waals surface area contributed by atoms with Crippen LogP contribution < -0.4 is 14.9 Å². The smallest absolute Gasteiger partial charge is 0.275 e. The third-order valence-electron chi connectivity index (χ3n) is 2.91. The molecule has 2 aromatic rings. The molecule has 1 amide bonds. The van der Waals surface area contributed by atoms with E-state index in [0.717, 1.165) is 15.8 Å². The van der Waals surface area contributed by atoms with Crippen LogP contribution in [-0.2, 0) is 0 Å². The van der Waals surface area contributed by atoms with Crippen molar-refractivity contribution in [2.24, 2.45) is 5.10 Å². The summed E-state index contributed by atoms with van der Waals surface area (Å²) in [6.07, 6.45) is 1.55. The largest absolute Gasteiger partial charge is 0.496 e. The third kappa shape index (κ3) is 3.85. The Morgan fingerprint density at radius 1 is 1.14 bits per heavy atom. The van der Waals surface area contributed by atoms with Crippen molar-refractivity contribution in [1.29, 1.82) is 0 Å². The van der Waals surface area contributed by atoms with Gasteiger partial charge in [0.25, 0.3) is 5.91 Å². The van der Waals surface area contributed by atoms with Crippen LogP contribution in [0.3, 0.4) is 0 Å². The lowest BCUT2D eigenvalue weighted by molar-refractivity contribution is 0.0952. The van der Waals surface area contributed by atoms with E-state index in [9.17, 15) is 4.79 Å². The van der Waals surface area contributed by atoms with Gasteiger partial charge in [0.15, 0.2) is 0 Å². The van der Waals surface area contributed by atoms with E-state index in [4.69, 9.17) is 9.47 Å². The summed E-state index contributed by atoms with van der Waals surface area (Å²) in [5.41, 5.74) is 3.73. The molecule has 0 fully saturated rings. The fourth-order valence-corrected chi connectivity index (χ4v) is 2.38. The van der Waals surface area contributed by atoms with Gasteiger partial charge in [0.2, 0.25) is 0 Å². The molecular formula is C16H15BrN2O3. The standard InChI is InChI=1S/C16H15BrN2O3/c1-21-14-6-4-3-5-12(14)16(20)19-18-10-11-7-8-15(22-2)13(17)9-11/h3-10H,1-2H3,(H,19,20)/b18-10+. The van der Waals surface area contributed by atoms with Crippen molar-refractivity contribution in [3.05, 3.63) is 58.1 Å². The Bertz CT molecular complexity index is 702.